The van der Waals surface area contributed by atoms with Gasteiger partial charge in [-0.15, -0.1) is 11.3 Å². The molecule has 0 aliphatic heterocycles. The maximum atomic E-state index is 4.48. The predicted molar refractivity (Wildman–Crippen MR) is 105 cm³/mol. The number of hydrogen-bond acceptors (Lipinski definition) is 4. The zero-order valence-electron chi connectivity index (χ0n) is 14.5. The molecule has 0 fully saturated rings. The van der Waals surface area contributed by atoms with Crippen molar-refractivity contribution in [2.45, 2.75) is 52.0 Å². The lowest BCUT2D eigenvalue weighted by Gasteiger charge is -2.14. The molecule has 24 heavy (non-hydrogen) atoms. The van der Waals surface area contributed by atoms with Gasteiger partial charge in [0.25, 0.3) is 0 Å². The summed E-state index contributed by atoms with van der Waals surface area (Å²) in [6.45, 7) is 4.49. The van der Waals surface area contributed by atoms with E-state index >= 15 is 0 Å². The van der Waals surface area contributed by atoms with Crippen LogP contribution in [0.3, 0.4) is 0 Å². The van der Waals surface area contributed by atoms with Gasteiger partial charge in [-0.2, -0.15) is 0 Å². The summed E-state index contributed by atoms with van der Waals surface area (Å²) in [7, 11) is 0. The number of aromatic nitrogens is 2. The Hall–Kier alpha value is -1.94. The van der Waals surface area contributed by atoms with E-state index in [2.05, 4.69) is 59.5 Å². The van der Waals surface area contributed by atoms with Crippen LogP contribution in [0.1, 0.15) is 46.0 Å². The Labute approximate surface area is 148 Å². The van der Waals surface area contributed by atoms with Crippen LogP contribution in [0.15, 0.2) is 42.7 Å². The highest BCUT2D eigenvalue weighted by molar-refractivity contribution is 7.21. The third kappa shape index (κ3) is 4.12. The van der Waals surface area contributed by atoms with Crippen molar-refractivity contribution in [3.63, 3.8) is 0 Å². The van der Waals surface area contributed by atoms with Gasteiger partial charge >= 0.3 is 0 Å². The minimum absolute atomic E-state index is 0.431. The SMILES string of the molecule is CCCCCC[C@@H](C)Nc1ncnc2sc(-c3ccccc3)cc12. The van der Waals surface area contributed by atoms with Crippen molar-refractivity contribution < 1.29 is 0 Å². The Morgan fingerprint density at radius 1 is 1.08 bits per heavy atom. The number of benzene rings is 1. The van der Waals surface area contributed by atoms with Crippen LogP contribution in [-0.2, 0) is 0 Å². The molecule has 3 aromatic rings. The van der Waals surface area contributed by atoms with Gasteiger partial charge < -0.3 is 5.32 Å². The van der Waals surface area contributed by atoms with E-state index in [4.69, 9.17) is 0 Å². The predicted octanol–water partition coefficient (Wildman–Crippen LogP) is 6.13. The van der Waals surface area contributed by atoms with Crippen LogP contribution >= 0.6 is 11.3 Å². The van der Waals surface area contributed by atoms with Gasteiger partial charge in [0.1, 0.15) is 17.0 Å². The smallest absolute Gasteiger partial charge is 0.138 e. The lowest BCUT2D eigenvalue weighted by atomic mass is 10.1. The number of fused-ring (bicyclic) bond motifs is 1. The molecule has 2 heterocycles. The fourth-order valence-electron chi connectivity index (χ4n) is 2.90. The van der Waals surface area contributed by atoms with Crippen molar-refractivity contribution in [2.75, 3.05) is 5.32 Å². The summed E-state index contributed by atoms with van der Waals surface area (Å²) in [5.74, 6) is 0.960. The second-order valence-corrected chi connectivity index (χ2v) is 7.34. The average molecular weight is 340 g/mol. The van der Waals surface area contributed by atoms with Gasteiger partial charge in [-0.1, -0.05) is 62.9 Å². The Kier molecular flexibility index (Phi) is 5.81. The third-order valence-corrected chi connectivity index (χ3v) is 5.35. The number of thiophene rings is 1. The highest BCUT2D eigenvalue weighted by atomic mass is 32.1. The zero-order valence-corrected chi connectivity index (χ0v) is 15.3. The minimum atomic E-state index is 0.431. The second kappa shape index (κ2) is 8.25. The molecule has 0 aliphatic carbocycles. The molecule has 3 nitrogen and oxygen atoms in total. The summed E-state index contributed by atoms with van der Waals surface area (Å²) >= 11 is 1.72. The van der Waals surface area contributed by atoms with Gasteiger partial charge in [-0.05, 0) is 25.0 Å². The van der Waals surface area contributed by atoms with Crippen molar-refractivity contribution >= 4 is 27.4 Å². The maximum absolute atomic E-state index is 4.48. The van der Waals surface area contributed by atoms with Crippen molar-refractivity contribution in [1.29, 1.82) is 0 Å². The molecule has 0 amide bonds. The number of nitrogens with zero attached hydrogens (tertiary/aromatic N) is 2. The molecule has 4 heteroatoms. The van der Waals surface area contributed by atoms with Gasteiger partial charge in [0.15, 0.2) is 0 Å². The fourth-order valence-corrected chi connectivity index (χ4v) is 3.90. The van der Waals surface area contributed by atoms with E-state index in [-0.39, 0.29) is 0 Å². The first-order chi connectivity index (χ1) is 11.8. The Morgan fingerprint density at radius 2 is 1.92 bits per heavy atom. The molecule has 0 aliphatic rings. The van der Waals surface area contributed by atoms with Gasteiger partial charge in [0, 0.05) is 10.9 Å². The number of unbranched alkanes of at least 4 members (excludes halogenated alkanes) is 3. The molecule has 0 bridgehead atoms. The van der Waals surface area contributed by atoms with E-state index in [0.29, 0.717) is 6.04 Å². The molecule has 0 saturated heterocycles. The number of nitrogens with one attached hydrogen (secondary N) is 1. The number of rotatable bonds is 8. The molecule has 1 N–H and O–H groups in total. The van der Waals surface area contributed by atoms with Crippen LogP contribution in [0.25, 0.3) is 20.7 Å². The summed E-state index contributed by atoms with van der Waals surface area (Å²) in [6, 6.07) is 13.1. The summed E-state index contributed by atoms with van der Waals surface area (Å²) < 4.78 is 0. The molecule has 0 unspecified atom stereocenters. The third-order valence-electron chi connectivity index (χ3n) is 4.26. The zero-order chi connectivity index (χ0) is 16.8. The van der Waals surface area contributed by atoms with Crippen molar-refractivity contribution in [3.05, 3.63) is 42.7 Å². The van der Waals surface area contributed by atoms with Crippen molar-refractivity contribution in [3.8, 4) is 10.4 Å². The molecule has 0 spiro atoms. The molecule has 126 valence electrons. The first kappa shape index (κ1) is 16.9. The molecule has 1 aromatic carbocycles. The number of hydrogen-bond donors (Lipinski definition) is 1. The lowest BCUT2D eigenvalue weighted by molar-refractivity contribution is 0.593. The van der Waals surface area contributed by atoms with Crippen LogP contribution in [0, 0.1) is 0 Å². The van der Waals surface area contributed by atoms with Crippen LogP contribution in [0.4, 0.5) is 5.82 Å². The topological polar surface area (TPSA) is 37.8 Å². The standard InChI is InChI=1S/C20H25N3S/c1-3-4-5-7-10-15(2)23-19-17-13-18(16-11-8-6-9-12-16)24-20(17)22-14-21-19/h6,8-9,11-15H,3-5,7,10H2,1-2H3,(H,21,22,23)/t15-/m1/s1. The van der Waals surface area contributed by atoms with E-state index in [1.54, 1.807) is 17.7 Å². The molecule has 2 aromatic heterocycles. The van der Waals surface area contributed by atoms with E-state index in [1.165, 1.54) is 42.5 Å². The molecular weight excluding hydrogens is 314 g/mol. The lowest BCUT2D eigenvalue weighted by Crippen LogP contribution is -2.16. The molecule has 1 atom stereocenters. The molecular formula is C20H25N3S. The van der Waals surface area contributed by atoms with Crippen LogP contribution in [0.5, 0.6) is 0 Å². The summed E-state index contributed by atoms with van der Waals surface area (Å²) in [5.41, 5.74) is 1.24. The average Bonchev–Trinajstić information content (AvgIpc) is 3.05. The Morgan fingerprint density at radius 3 is 2.71 bits per heavy atom. The Bertz CT molecular complexity index is 767. The summed E-state index contributed by atoms with van der Waals surface area (Å²) in [4.78, 5) is 11.2. The molecule has 0 saturated carbocycles. The fraction of sp³-hybridized carbons (Fsp3) is 0.400. The van der Waals surface area contributed by atoms with Crippen LogP contribution < -0.4 is 5.32 Å². The van der Waals surface area contributed by atoms with Gasteiger partial charge in [0.2, 0.25) is 0 Å². The second-order valence-electron chi connectivity index (χ2n) is 6.31. The molecule has 0 radical (unpaired) electrons. The number of anilines is 1. The summed E-state index contributed by atoms with van der Waals surface area (Å²) in [5, 5.41) is 4.71. The van der Waals surface area contributed by atoms with Crippen molar-refractivity contribution in [2.24, 2.45) is 0 Å². The van der Waals surface area contributed by atoms with E-state index in [1.807, 2.05) is 6.07 Å². The first-order valence-corrected chi connectivity index (χ1v) is 9.66. The van der Waals surface area contributed by atoms with Crippen LogP contribution in [-0.4, -0.2) is 16.0 Å². The first-order valence-electron chi connectivity index (χ1n) is 8.84. The minimum Gasteiger partial charge on any atom is -0.367 e. The monoisotopic (exact) mass is 339 g/mol. The van der Waals surface area contributed by atoms with Gasteiger partial charge in [0.05, 0.1) is 5.39 Å². The van der Waals surface area contributed by atoms with E-state index < -0.39 is 0 Å². The van der Waals surface area contributed by atoms with Gasteiger partial charge in [-0.25, -0.2) is 9.97 Å². The highest BCUT2D eigenvalue weighted by Gasteiger charge is 2.11. The van der Waals surface area contributed by atoms with Gasteiger partial charge in [-0.3, -0.25) is 0 Å². The van der Waals surface area contributed by atoms with E-state index in [0.717, 1.165) is 16.0 Å². The quantitative estimate of drug-likeness (QED) is 0.502. The molecule has 3 rings (SSSR count). The van der Waals surface area contributed by atoms with Crippen molar-refractivity contribution in [1.82, 2.24) is 9.97 Å². The largest absolute Gasteiger partial charge is 0.367 e. The summed E-state index contributed by atoms with van der Waals surface area (Å²) in [6.07, 6.45) is 8.05. The highest BCUT2D eigenvalue weighted by Crippen LogP contribution is 2.35. The Balaban J connectivity index is 1.75. The maximum Gasteiger partial charge on any atom is 0.138 e. The van der Waals surface area contributed by atoms with Crippen LogP contribution in [0.2, 0.25) is 0 Å². The normalized spacial score (nSPS) is 12.4. The van der Waals surface area contributed by atoms with E-state index in [9.17, 15) is 0 Å².